The highest BCUT2D eigenvalue weighted by molar-refractivity contribution is 7.91. The number of thiophene rings is 1. The first-order valence-corrected chi connectivity index (χ1v) is 8.10. The average molecular weight is 292 g/mol. The third kappa shape index (κ3) is 3.44. The van der Waals surface area contributed by atoms with Crippen LogP contribution in [0.5, 0.6) is 0 Å². The lowest BCUT2D eigenvalue weighted by Gasteiger charge is -2.26. The minimum absolute atomic E-state index is 0.0616. The van der Waals surface area contributed by atoms with Gasteiger partial charge in [0.25, 0.3) is 10.0 Å². The summed E-state index contributed by atoms with van der Waals surface area (Å²) in [5, 5.41) is 1.64. The van der Waals surface area contributed by atoms with E-state index in [1.807, 2.05) is 13.8 Å². The van der Waals surface area contributed by atoms with E-state index in [1.165, 1.54) is 10.4 Å². The molecule has 1 aromatic heterocycles. The summed E-state index contributed by atoms with van der Waals surface area (Å²) in [6, 6.07) is 1.44. The van der Waals surface area contributed by atoms with E-state index in [0.717, 1.165) is 17.8 Å². The molecule has 0 aliphatic carbocycles. The maximum Gasteiger partial charge on any atom is 0.252 e. The first-order chi connectivity index (χ1) is 8.43. The third-order valence-corrected chi connectivity index (χ3v) is 6.20. The van der Waals surface area contributed by atoms with Crippen molar-refractivity contribution in [1.29, 1.82) is 0 Å². The maximum absolute atomic E-state index is 12.5. The van der Waals surface area contributed by atoms with E-state index in [1.54, 1.807) is 12.5 Å². The van der Waals surface area contributed by atoms with Crippen LogP contribution in [0.1, 0.15) is 20.3 Å². The topological polar surface area (TPSA) is 72.6 Å². The van der Waals surface area contributed by atoms with Crippen LogP contribution >= 0.6 is 11.3 Å². The monoisotopic (exact) mass is 292 g/mol. The van der Waals surface area contributed by atoms with Gasteiger partial charge in [-0.2, -0.15) is 4.31 Å². The van der Waals surface area contributed by atoms with E-state index in [2.05, 4.69) is 0 Å². The molecule has 0 aromatic carbocycles. The van der Waals surface area contributed by atoms with Gasteiger partial charge >= 0.3 is 0 Å². The van der Waals surface area contributed by atoms with Crippen molar-refractivity contribution in [3.05, 3.63) is 11.4 Å². The minimum atomic E-state index is -3.47. The molecular weight excluding hydrogens is 272 g/mol. The van der Waals surface area contributed by atoms with Crippen LogP contribution in [-0.2, 0) is 14.8 Å². The van der Waals surface area contributed by atoms with Crippen molar-refractivity contribution in [1.82, 2.24) is 4.31 Å². The SMILES string of the molecule is CCC(C)N(CCOC)S(=O)(=O)c1cc(N)cs1. The number of sulfonamides is 1. The molecule has 0 aliphatic heterocycles. The summed E-state index contributed by atoms with van der Waals surface area (Å²) in [6.07, 6.45) is 0.754. The van der Waals surface area contributed by atoms with Crippen LogP contribution in [-0.4, -0.2) is 39.0 Å². The fourth-order valence-electron chi connectivity index (χ4n) is 1.54. The van der Waals surface area contributed by atoms with Crippen LogP contribution < -0.4 is 5.73 Å². The van der Waals surface area contributed by atoms with Crippen molar-refractivity contribution in [2.75, 3.05) is 26.0 Å². The van der Waals surface area contributed by atoms with Crippen LogP contribution in [0.4, 0.5) is 5.69 Å². The normalized spacial score (nSPS) is 14.0. The van der Waals surface area contributed by atoms with Gasteiger partial charge in [0.2, 0.25) is 0 Å². The molecule has 1 unspecified atom stereocenters. The number of nitrogens with zero attached hydrogens (tertiary/aromatic N) is 1. The Bertz CT molecular complexity index is 470. The summed E-state index contributed by atoms with van der Waals surface area (Å²) >= 11 is 1.15. The predicted molar refractivity (Wildman–Crippen MR) is 74.3 cm³/mol. The van der Waals surface area contributed by atoms with Gasteiger partial charge < -0.3 is 10.5 Å². The van der Waals surface area contributed by atoms with Gasteiger partial charge in [0.1, 0.15) is 4.21 Å². The number of anilines is 1. The number of ether oxygens (including phenoxy) is 1. The maximum atomic E-state index is 12.5. The van der Waals surface area contributed by atoms with Gasteiger partial charge in [-0.05, 0) is 19.4 Å². The van der Waals surface area contributed by atoms with Gasteiger partial charge in [-0.3, -0.25) is 0 Å². The second-order valence-electron chi connectivity index (χ2n) is 4.06. The van der Waals surface area contributed by atoms with Gasteiger partial charge in [-0.25, -0.2) is 8.42 Å². The van der Waals surface area contributed by atoms with Crippen LogP contribution in [0.25, 0.3) is 0 Å². The molecule has 1 rings (SSSR count). The van der Waals surface area contributed by atoms with Gasteiger partial charge in [0, 0.05) is 30.8 Å². The largest absolute Gasteiger partial charge is 0.398 e. The molecule has 0 fully saturated rings. The summed E-state index contributed by atoms with van der Waals surface area (Å²) in [6.45, 7) is 4.59. The van der Waals surface area contributed by atoms with Gasteiger partial charge in [0.05, 0.1) is 6.61 Å². The number of nitrogens with two attached hydrogens (primary N) is 1. The Morgan fingerprint density at radius 3 is 2.67 bits per heavy atom. The summed E-state index contributed by atoms with van der Waals surface area (Å²) in [4.78, 5) is 0. The summed E-state index contributed by atoms with van der Waals surface area (Å²) in [5.41, 5.74) is 6.07. The number of hydrogen-bond donors (Lipinski definition) is 1. The standard InChI is InChI=1S/C11H20N2O3S2/c1-4-9(2)13(5-6-16-3)18(14,15)11-7-10(12)8-17-11/h7-9H,4-6,12H2,1-3H3. The molecule has 1 heterocycles. The summed E-state index contributed by atoms with van der Waals surface area (Å²) in [5.74, 6) is 0. The van der Waals surface area contributed by atoms with Gasteiger partial charge in [0.15, 0.2) is 0 Å². The lowest BCUT2D eigenvalue weighted by atomic mass is 10.3. The van der Waals surface area contributed by atoms with Crippen molar-refractivity contribution in [3.63, 3.8) is 0 Å². The molecule has 0 spiro atoms. The second-order valence-corrected chi connectivity index (χ2v) is 7.09. The number of rotatable bonds is 7. The van der Waals surface area contributed by atoms with Gasteiger partial charge in [-0.1, -0.05) is 6.92 Å². The quantitative estimate of drug-likeness (QED) is 0.831. The molecule has 0 aliphatic rings. The van der Waals surface area contributed by atoms with E-state index in [9.17, 15) is 8.42 Å². The zero-order valence-electron chi connectivity index (χ0n) is 10.9. The van der Waals surface area contributed by atoms with Gasteiger partial charge in [-0.15, -0.1) is 11.3 Å². The Balaban J connectivity index is 3.03. The number of hydrogen-bond acceptors (Lipinski definition) is 5. The van der Waals surface area contributed by atoms with Crippen LogP contribution in [0.3, 0.4) is 0 Å². The molecule has 0 saturated carbocycles. The van der Waals surface area contributed by atoms with Crippen LogP contribution in [0.2, 0.25) is 0 Å². The zero-order valence-corrected chi connectivity index (χ0v) is 12.6. The molecule has 2 N–H and O–H groups in total. The molecule has 1 atom stereocenters. The number of nitrogen functional groups attached to an aromatic ring is 1. The van der Waals surface area contributed by atoms with E-state index in [-0.39, 0.29) is 10.3 Å². The van der Waals surface area contributed by atoms with Crippen LogP contribution in [0.15, 0.2) is 15.7 Å². The Kier molecular flexibility index (Phi) is 5.58. The third-order valence-electron chi connectivity index (χ3n) is 2.76. The lowest BCUT2D eigenvalue weighted by Crippen LogP contribution is -2.40. The highest BCUT2D eigenvalue weighted by Crippen LogP contribution is 2.26. The number of methoxy groups -OCH3 is 1. The first-order valence-electron chi connectivity index (χ1n) is 5.78. The molecule has 0 radical (unpaired) electrons. The average Bonchev–Trinajstić information content (AvgIpc) is 2.76. The zero-order chi connectivity index (χ0) is 13.8. The summed E-state index contributed by atoms with van der Waals surface area (Å²) < 4.78 is 31.7. The Hall–Kier alpha value is -0.630. The fourth-order valence-corrected chi connectivity index (χ4v) is 4.44. The highest BCUT2D eigenvalue weighted by atomic mass is 32.2. The molecule has 1 aromatic rings. The van der Waals surface area contributed by atoms with Crippen molar-refractivity contribution < 1.29 is 13.2 Å². The molecular formula is C11H20N2O3S2. The first kappa shape index (κ1) is 15.4. The van der Waals surface area contributed by atoms with E-state index < -0.39 is 10.0 Å². The minimum Gasteiger partial charge on any atom is -0.398 e. The lowest BCUT2D eigenvalue weighted by molar-refractivity contribution is 0.167. The van der Waals surface area contributed by atoms with E-state index in [0.29, 0.717) is 18.8 Å². The molecule has 0 saturated heterocycles. The second kappa shape index (κ2) is 6.51. The van der Waals surface area contributed by atoms with E-state index in [4.69, 9.17) is 10.5 Å². The summed E-state index contributed by atoms with van der Waals surface area (Å²) in [7, 11) is -1.91. The molecule has 5 nitrogen and oxygen atoms in total. The van der Waals surface area contributed by atoms with Crippen molar-refractivity contribution >= 4 is 27.0 Å². The molecule has 7 heteroatoms. The van der Waals surface area contributed by atoms with Crippen LogP contribution in [0, 0.1) is 0 Å². The predicted octanol–water partition coefficient (Wildman–Crippen LogP) is 1.77. The highest BCUT2D eigenvalue weighted by Gasteiger charge is 2.29. The fraction of sp³-hybridized carbons (Fsp3) is 0.636. The Morgan fingerprint density at radius 1 is 1.56 bits per heavy atom. The van der Waals surface area contributed by atoms with Crippen molar-refractivity contribution in [2.24, 2.45) is 0 Å². The molecule has 0 bridgehead atoms. The molecule has 104 valence electrons. The Morgan fingerprint density at radius 2 is 2.22 bits per heavy atom. The van der Waals surface area contributed by atoms with Crippen molar-refractivity contribution in [2.45, 2.75) is 30.5 Å². The Labute approximate surface area is 113 Å². The molecule has 18 heavy (non-hydrogen) atoms. The smallest absolute Gasteiger partial charge is 0.252 e. The van der Waals surface area contributed by atoms with E-state index >= 15 is 0 Å². The van der Waals surface area contributed by atoms with Crippen molar-refractivity contribution in [3.8, 4) is 0 Å². The molecule has 0 amide bonds.